The first-order valence-corrected chi connectivity index (χ1v) is 1.94. The lowest BCUT2D eigenvalue weighted by Crippen LogP contribution is -1.92. The Kier molecular flexibility index (Phi) is 0.749. The number of aromatic amines is 1. The van der Waals surface area contributed by atoms with E-state index >= 15 is 0 Å². The lowest BCUT2D eigenvalue weighted by Gasteiger charge is -1.65. The molecule has 0 radical (unpaired) electrons. The number of rotatable bonds is 0. The fourth-order valence-electron chi connectivity index (χ4n) is 0.366. The van der Waals surface area contributed by atoms with Gasteiger partial charge in [0, 0.05) is 6.20 Å². The SMILES string of the molecule is Cc1c[nH]c(=O)o1. The van der Waals surface area contributed by atoms with Gasteiger partial charge in [-0.2, -0.15) is 0 Å². The molecule has 3 heteroatoms. The number of aromatic nitrogens is 1. The van der Waals surface area contributed by atoms with Gasteiger partial charge in [-0.1, -0.05) is 0 Å². The van der Waals surface area contributed by atoms with Crippen molar-refractivity contribution in [3.8, 4) is 0 Å². The molecular formula is C4H5NO2. The van der Waals surface area contributed by atoms with E-state index in [9.17, 15) is 4.79 Å². The van der Waals surface area contributed by atoms with Gasteiger partial charge in [0.15, 0.2) is 0 Å². The minimum Gasteiger partial charge on any atom is -0.413 e. The Morgan fingerprint density at radius 2 is 2.57 bits per heavy atom. The van der Waals surface area contributed by atoms with Gasteiger partial charge in [-0.15, -0.1) is 0 Å². The van der Waals surface area contributed by atoms with E-state index in [0.717, 1.165) is 0 Å². The molecule has 1 rings (SSSR count). The van der Waals surface area contributed by atoms with Crippen molar-refractivity contribution in [3.63, 3.8) is 0 Å². The van der Waals surface area contributed by atoms with Gasteiger partial charge in [-0.25, -0.2) is 4.79 Å². The molecular weight excluding hydrogens is 94.0 g/mol. The highest BCUT2D eigenvalue weighted by atomic mass is 16.4. The maximum atomic E-state index is 10.1. The molecule has 1 aromatic heterocycles. The van der Waals surface area contributed by atoms with Crippen molar-refractivity contribution >= 4 is 0 Å². The molecule has 0 amide bonds. The van der Waals surface area contributed by atoms with Crippen LogP contribution in [0.15, 0.2) is 15.4 Å². The average molecular weight is 99.1 g/mol. The Labute approximate surface area is 40.0 Å². The van der Waals surface area contributed by atoms with Gasteiger partial charge in [-0.3, -0.25) is 4.98 Å². The second-order valence-electron chi connectivity index (χ2n) is 1.29. The third-order valence-corrected chi connectivity index (χ3v) is 0.647. The van der Waals surface area contributed by atoms with Gasteiger partial charge in [-0.05, 0) is 6.92 Å². The molecule has 0 aliphatic rings. The summed E-state index contributed by atoms with van der Waals surface area (Å²) in [6.07, 6.45) is 1.52. The molecule has 1 N–H and O–H groups in total. The number of hydrogen-bond donors (Lipinski definition) is 1. The fourth-order valence-corrected chi connectivity index (χ4v) is 0.366. The normalized spacial score (nSPS) is 9.29. The number of H-pyrrole nitrogens is 1. The van der Waals surface area contributed by atoms with E-state index in [1.54, 1.807) is 6.92 Å². The lowest BCUT2D eigenvalue weighted by atomic mass is 10.6. The maximum absolute atomic E-state index is 10.1. The molecule has 1 heterocycles. The van der Waals surface area contributed by atoms with Crippen molar-refractivity contribution in [2.45, 2.75) is 6.92 Å². The third-order valence-electron chi connectivity index (χ3n) is 0.647. The Morgan fingerprint density at radius 1 is 1.86 bits per heavy atom. The van der Waals surface area contributed by atoms with E-state index in [4.69, 9.17) is 0 Å². The molecule has 0 aromatic carbocycles. The largest absolute Gasteiger partial charge is 0.416 e. The molecule has 0 fully saturated rings. The van der Waals surface area contributed by atoms with Crippen LogP contribution in [-0.2, 0) is 0 Å². The van der Waals surface area contributed by atoms with Crippen molar-refractivity contribution in [1.29, 1.82) is 0 Å². The van der Waals surface area contributed by atoms with Crippen molar-refractivity contribution in [2.75, 3.05) is 0 Å². The van der Waals surface area contributed by atoms with Crippen LogP contribution >= 0.6 is 0 Å². The van der Waals surface area contributed by atoms with E-state index in [0.29, 0.717) is 5.76 Å². The minimum atomic E-state index is -0.391. The lowest BCUT2D eigenvalue weighted by molar-refractivity contribution is 0.488. The molecule has 0 bridgehead atoms. The van der Waals surface area contributed by atoms with Crippen LogP contribution in [0.5, 0.6) is 0 Å². The van der Waals surface area contributed by atoms with Crippen LogP contribution in [0.2, 0.25) is 0 Å². The van der Waals surface area contributed by atoms with Crippen LogP contribution in [0.1, 0.15) is 5.76 Å². The fraction of sp³-hybridized carbons (Fsp3) is 0.250. The molecule has 1 aromatic rings. The molecule has 0 aliphatic carbocycles. The maximum Gasteiger partial charge on any atom is 0.416 e. The molecule has 0 atom stereocenters. The van der Waals surface area contributed by atoms with Crippen molar-refractivity contribution < 1.29 is 4.42 Å². The zero-order valence-corrected chi connectivity index (χ0v) is 3.89. The van der Waals surface area contributed by atoms with Gasteiger partial charge in [0.1, 0.15) is 5.76 Å². The molecule has 38 valence electrons. The second-order valence-corrected chi connectivity index (χ2v) is 1.29. The molecule has 3 nitrogen and oxygen atoms in total. The Bertz CT molecular complexity index is 197. The van der Waals surface area contributed by atoms with Crippen molar-refractivity contribution in [3.05, 3.63) is 22.5 Å². The van der Waals surface area contributed by atoms with Crippen molar-refractivity contribution in [2.24, 2.45) is 0 Å². The standard InChI is InChI=1S/C4H5NO2/c1-3-2-5-4(6)7-3/h2H,1H3,(H,5,6). The topological polar surface area (TPSA) is 46.0 Å². The predicted octanol–water partition coefficient (Wildman–Crippen LogP) is 0.276. The smallest absolute Gasteiger partial charge is 0.413 e. The molecule has 0 unspecified atom stereocenters. The molecule has 0 saturated heterocycles. The van der Waals surface area contributed by atoms with Crippen LogP contribution in [0.4, 0.5) is 0 Å². The van der Waals surface area contributed by atoms with Crippen molar-refractivity contribution in [1.82, 2.24) is 4.98 Å². The van der Waals surface area contributed by atoms with E-state index in [1.807, 2.05) is 0 Å². The van der Waals surface area contributed by atoms with E-state index in [2.05, 4.69) is 9.40 Å². The molecule has 0 saturated carbocycles. The Hall–Kier alpha value is -0.990. The summed E-state index contributed by atoms with van der Waals surface area (Å²) in [4.78, 5) is 12.4. The van der Waals surface area contributed by atoms with Gasteiger partial charge >= 0.3 is 5.76 Å². The first kappa shape index (κ1) is 4.18. The predicted molar refractivity (Wildman–Crippen MR) is 24.1 cm³/mol. The highest BCUT2D eigenvalue weighted by molar-refractivity contribution is 4.81. The van der Waals surface area contributed by atoms with E-state index < -0.39 is 5.76 Å². The summed E-state index contributed by atoms with van der Waals surface area (Å²) < 4.78 is 4.47. The highest BCUT2D eigenvalue weighted by Gasteiger charge is 1.84. The molecule has 0 aliphatic heterocycles. The summed E-state index contributed by atoms with van der Waals surface area (Å²) in [5.74, 6) is 0.225. The summed E-state index contributed by atoms with van der Waals surface area (Å²) in [7, 11) is 0. The summed E-state index contributed by atoms with van der Waals surface area (Å²) in [5.41, 5.74) is 0. The highest BCUT2D eigenvalue weighted by Crippen LogP contribution is 1.83. The number of oxazole rings is 1. The third kappa shape index (κ3) is 0.707. The van der Waals surface area contributed by atoms with E-state index in [1.165, 1.54) is 6.20 Å². The first-order valence-electron chi connectivity index (χ1n) is 1.94. The van der Waals surface area contributed by atoms with Gasteiger partial charge in [0.05, 0.1) is 0 Å². The van der Waals surface area contributed by atoms with Gasteiger partial charge < -0.3 is 4.42 Å². The zero-order chi connectivity index (χ0) is 5.28. The number of hydrogen-bond acceptors (Lipinski definition) is 2. The van der Waals surface area contributed by atoms with Crippen LogP contribution in [0.3, 0.4) is 0 Å². The Balaban J connectivity index is 3.30. The molecule has 7 heavy (non-hydrogen) atoms. The van der Waals surface area contributed by atoms with Crippen LogP contribution in [0, 0.1) is 6.92 Å². The summed E-state index contributed by atoms with van der Waals surface area (Å²) in [5, 5.41) is 0. The van der Waals surface area contributed by atoms with Gasteiger partial charge in [0.2, 0.25) is 0 Å². The van der Waals surface area contributed by atoms with Crippen LogP contribution in [-0.4, -0.2) is 4.98 Å². The summed E-state index contributed by atoms with van der Waals surface area (Å²) in [6, 6.07) is 0. The summed E-state index contributed by atoms with van der Waals surface area (Å²) >= 11 is 0. The zero-order valence-electron chi connectivity index (χ0n) is 3.89. The van der Waals surface area contributed by atoms with Crippen LogP contribution < -0.4 is 5.76 Å². The minimum absolute atomic E-state index is 0.391. The average Bonchev–Trinajstić information content (AvgIpc) is 1.87. The quantitative estimate of drug-likeness (QED) is 0.507. The Morgan fingerprint density at radius 3 is 2.71 bits per heavy atom. The second kappa shape index (κ2) is 1.26. The summed E-state index contributed by atoms with van der Waals surface area (Å²) in [6.45, 7) is 1.71. The monoisotopic (exact) mass is 99.0 g/mol. The first-order chi connectivity index (χ1) is 3.29. The van der Waals surface area contributed by atoms with Gasteiger partial charge in [0.25, 0.3) is 0 Å². The molecule has 0 spiro atoms. The number of aryl methyl sites for hydroxylation is 1. The number of nitrogens with one attached hydrogen (secondary N) is 1. The van der Waals surface area contributed by atoms with E-state index in [-0.39, 0.29) is 0 Å². The van der Waals surface area contributed by atoms with Crippen LogP contribution in [0.25, 0.3) is 0 Å².